The van der Waals surface area contributed by atoms with Crippen molar-refractivity contribution in [3.8, 4) is 0 Å². The molecule has 2 N–H and O–H groups in total. The van der Waals surface area contributed by atoms with Crippen LogP contribution in [0.2, 0.25) is 0 Å². The number of nitrogens with two attached hydrogens (primary N) is 1. The lowest BCUT2D eigenvalue weighted by atomic mass is 9.87. The molecule has 2 aromatic carbocycles. The second-order valence-electron chi connectivity index (χ2n) is 7.43. The molecule has 2 heterocycles. The van der Waals surface area contributed by atoms with Gasteiger partial charge < -0.3 is 20.1 Å². The Kier molecular flexibility index (Phi) is 5.44. The molecule has 148 valence electrons. The van der Waals surface area contributed by atoms with Crippen molar-refractivity contribution in [2.75, 3.05) is 20.3 Å². The topological polar surface area (TPSA) is 64.8 Å². The SMILES string of the molecule is CO[C@@H]1CO[C@@H](C(=O)N2CCc3ccccc3[C@@H]2c2ccc(F)cc2)C[C@H]1N. The van der Waals surface area contributed by atoms with Crippen LogP contribution in [0.25, 0.3) is 0 Å². The Balaban J connectivity index is 1.65. The second kappa shape index (κ2) is 7.99. The van der Waals surface area contributed by atoms with Crippen molar-refractivity contribution in [1.82, 2.24) is 4.90 Å². The zero-order valence-corrected chi connectivity index (χ0v) is 15.9. The lowest BCUT2D eigenvalue weighted by molar-refractivity contribution is -0.156. The quantitative estimate of drug-likeness (QED) is 0.883. The molecule has 0 aliphatic carbocycles. The summed E-state index contributed by atoms with van der Waals surface area (Å²) in [6, 6.07) is 14.0. The van der Waals surface area contributed by atoms with E-state index >= 15 is 0 Å². The van der Waals surface area contributed by atoms with Crippen LogP contribution in [0.15, 0.2) is 48.5 Å². The van der Waals surface area contributed by atoms with Crippen molar-refractivity contribution >= 4 is 5.91 Å². The molecule has 1 amide bonds. The summed E-state index contributed by atoms with van der Waals surface area (Å²) in [5.41, 5.74) is 9.34. The minimum Gasteiger partial charge on any atom is -0.377 e. The lowest BCUT2D eigenvalue weighted by Crippen LogP contribution is -2.54. The second-order valence-corrected chi connectivity index (χ2v) is 7.43. The largest absolute Gasteiger partial charge is 0.377 e. The molecule has 5 nitrogen and oxygen atoms in total. The van der Waals surface area contributed by atoms with E-state index in [1.807, 2.05) is 23.1 Å². The number of methoxy groups -OCH3 is 1. The molecule has 0 saturated carbocycles. The van der Waals surface area contributed by atoms with Gasteiger partial charge in [0.15, 0.2) is 0 Å². The highest BCUT2D eigenvalue weighted by Crippen LogP contribution is 2.36. The minimum atomic E-state index is -0.588. The van der Waals surface area contributed by atoms with Gasteiger partial charge in [0, 0.05) is 26.1 Å². The Hall–Kier alpha value is -2.28. The van der Waals surface area contributed by atoms with Gasteiger partial charge in [-0.05, 0) is 35.2 Å². The van der Waals surface area contributed by atoms with E-state index in [0.717, 1.165) is 17.5 Å². The van der Waals surface area contributed by atoms with E-state index in [2.05, 4.69) is 6.07 Å². The van der Waals surface area contributed by atoms with Crippen LogP contribution in [0, 0.1) is 5.82 Å². The molecule has 0 bridgehead atoms. The summed E-state index contributed by atoms with van der Waals surface area (Å²) >= 11 is 0. The molecule has 0 spiro atoms. The molecule has 2 aromatic rings. The number of carbonyl (C=O) groups is 1. The molecule has 0 radical (unpaired) electrons. The number of fused-ring (bicyclic) bond motifs is 1. The van der Waals surface area contributed by atoms with Gasteiger partial charge in [-0.1, -0.05) is 36.4 Å². The maximum Gasteiger partial charge on any atom is 0.252 e. The average Bonchev–Trinajstić information content (AvgIpc) is 2.73. The van der Waals surface area contributed by atoms with Crippen molar-refractivity contribution < 1.29 is 18.7 Å². The Morgan fingerprint density at radius 1 is 1.21 bits per heavy atom. The smallest absolute Gasteiger partial charge is 0.252 e. The number of hydrogen-bond donors (Lipinski definition) is 1. The molecule has 6 heteroatoms. The van der Waals surface area contributed by atoms with Crippen LogP contribution >= 0.6 is 0 Å². The first-order valence-corrected chi connectivity index (χ1v) is 9.62. The van der Waals surface area contributed by atoms with Crippen molar-refractivity contribution in [2.24, 2.45) is 5.73 Å². The number of amides is 1. The summed E-state index contributed by atoms with van der Waals surface area (Å²) in [6.45, 7) is 0.889. The Labute approximate surface area is 164 Å². The molecule has 0 unspecified atom stereocenters. The van der Waals surface area contributed by atoms with Crippen molar-refractivity contribution in [1.29, 1.82) is 0 Å². The van der Waals surface area contributed by atoms with Gasteiger partial charge in [0.25, 0.3) is 5.91 Å². The summed E-state index contributed by atoms with van der Waals surface area (Å²) in [4.78, 5) is 15.2. The minimum absolute atomic E-state index is 0.0752. The van der Waals surface area contributed by atoms with Gasteiger partial charge in [0.05, 0.1) is 18.8 Å². The first kappa shape index (κ1) is 19.1. The van der Waals surface area contributed by atoms with E-state index in [0.29, 0.717) is 19.6 Å². The summed E-state index contributed by atoms with van der Waals surface area (Å²) in [5.74, 6) is -0.369. The van der Waals surface area contributed by atoms with Crippen molar-refractivity contribution in [3.05, 3.63) is 71.0 Å². The van der Waals surface area contributed by atoms with Crippen LogP contribution in [0.4, 0.5) is 4.39 Å². The fourth-order valence-electron chi connectivity index (χ4n) is 4.21. The molecule has 2 aliphatic heterocycles. The van der Waals surface area contributed by atoms with E-state index in [-0.39, 0.29) is 29.9 Å². The van der Waals surface area contributed by atoms with Gasteiger partial charge >= 0.3 is 0 Å². The standard InChI is InChI=1S/C22H25FN2O3/c1-27-20-13-28-19(12-18(20)24)22(26)25-11-10-14-4-2-3-5-17(14)21(25)15-6-8-16(23)9-7-15/h2-9,18-21H,10-13,24H2,1H3/t18-,19-,20-,21+/m1/s1. The Morgan fingerprint density at radius 2 is 1.96 bits per heavy atom. The Bertz CT molecular complexity index is 842. The first-order valence-electron chi connectivity index (χ1n) is 9.62. The third-order valence-electron chi connectivity index (χ3n) is 5.76. The van der Waals surface area contributed by atoms with Crippen LogP contribution in [0.1, 0.15) is 29.2 Å². The van der Waals surface area contributed by atoms with Gasteiger partial charge in [0.1, 0.15) is 11.9 Å². The average molecular weight is 384 g/mol. The summed E-state index contributed by atoms with van der Waals surface area (Å²) in [6.07, 6.45) is 0.415. The summed E-state index contributed by atoms with van der Waals surface area (Å²) in [7, 11) is 1.60. The molecular formula is C22H25FN2O3. The van der Waals surface area contributed by atoms with Gasteiger partial charge in [-0.15, -0.1) is 0 Å². The molecular weight excluding hydrogens is 359 g/mol. The number of rotatable bonds is 3. The third-order valence-corrected chi connectivity index (χ3v) is 5.76. The van der Waals surface area contributed by atoms with E-state index in [1.54, 1.807) is 19.2 Å². The maximum atomic E-state index is 13.5. The van der Waals surface area contributed by atoms with E-state index in [4.69, 9.17) is 15.2 Å². The molecule has 1 fully saturated rings. The predicted octanol–water partition coefficient (Wildman–Crippen LogP) is 2.43. The maximum absolute atomic E-state index is 13.5. The zero-order chi connectivity index (χ0) is 19.7. The van der Waals surface area contributed by atoms with Crippen LogP contribution in [0.3, 0.4) is 0 Å². The molecule has 2 aliphatic rings. The number of hydrogen-bond acceptors (Lipinski definition) is 4. The van der Waals surface area contributed by atoms with E-state index in [9.17, 15) is 9.18 Å². The molecule has 1 saturated heterocycles. The highest BCUT2D eigenvalue weighted by atomic mass is 19.1. The molecule has 4 rings (SSSR count). The fraction of sp³-hybridized carbons (Fsp3) is 0.409. The summed E-state index contributed by atoms with van der Waals surface area (Å²) in [5, 5.41) is 0. The van der Waals surface area contributed by atoms with Gasteiger partial charge in [-0.2, -0.15) is 0 Å². The fourth-order valence-corrected chi connectivity index (χ4v) is 4.21. The normalized spacial score (nSPS) is 27.3. The summed E-state index contributed by atoms with van der Waals surface area (Å²) < 4.78 is 24.6. The number of carbonyl (C=O) groups excluding carboxylic acids is 1. The molecule has 28 heavy (non-hydrogen) atoms. The number of ether oxygens (including phenoxy) is 2. The highest BCUT2D eigenvalue weighted by Gasteiger charge is 2.39. The third kappa shape index (κ3) is 3.55. The van der Waals surface area contributed by atoms with Crippen LogP contribution < -0.4 is 5.73 Å². The predicted molar refractivity (Wildman–Crippen MR) is 103 cm³/mol. The van der Waals surface area contributed by atoms with Gasteiger partial charge in [-0.3, -0.25) is 4.79 Å². The highest BCUT2D eigenvalue weighted by molar-refractivity contribution is 5.82. The van der Waals surface area contributed by atoms with Crippen LogP contribution in [-0.4, -0.2) is 49.3 Å². The Morgan fingerprint density at radius 3 is 2.68 bits per heavy atom. The molecule has 0 aromatic heterocycles. The monoisotopic (exact) mass is 384 g/mol. The van der Waals surface area contributed by atoms with Gasteiger partial charge in [0.2, 0.25) is 0 Å². The number of nitrogens with zero attached hydrogens (tertiary/aromatic N) is 1. The van der Waals surface area contributed by atoms with E-state index < -0.39 is 6.10 Å². The zero-order valence-electron chi connectivity index (χ0n) is 15.9. The number of benzene rings is 2. The van der Waals surface area contributed by atoms with Crippen LogP contribution in [-0.2, 0) is 20.7 Å². The molecule has 4 atom stereocenters. The van der Waals surface area contributed by atoms with Gasteiger partial charge in [-0.25, -0.2) is 4.39 Å². The lowest BCUT2D eigenvalue weighted by Gasteiger charge is -2.41. The van der Waals surface area contributed by atoms with Crippen LogP contribution in [0.5, 0.6) is 0 Å². The van der Waals surface area contributed by atoms with Crippen molar-refractivity contribution in [3.63, 3.8) is 0 Å². The first-order chi connectivity index (χ1) is 13.6. The van der Waals surface area contributed by atoms with Crippen molar-refractivity contribution in [2.45, 2.75) is 37.1 Å². The number of halogens is 1. The van der Waals surface area contributed by atoms with E-state index in [1.165, 1.54) is 17.7 Å².